The third-order valence-electron chi connectivity index (χ3n) is 4.38. The minimum absolute atomic E-state index is 0.313. The minimum atomic E-state index is -3.72. The van der Waals surface area contributed by atoms with Crippen molar-refractivity contribution in [2.75, 3.05) is 20.6 Å². The summed E-state index contributed by atoms with van der Waals surface area (Å²) in [6.45, 7) is 3.89. The second-order valence-electron chi connectivity index (χ2n) is 6.20. The molecule has 2 heterocycles. The van der Waals surface area contributed by atoms with Crippen LogP contribution in [0.5, 0.6) is 0 Å². The summed E-state index contributed by atoms with van der Waals surface area (Å²) >= 11 is 0. The van der Waals surface area contributed by atoms with Gasteiger partial charge in [-0.3, -0.25) is 4.79 Å². The third-order valence-corrected chi connectivity index (χ3v) is 6.56. The molecular formula is C16H26N2O4S. The normalized spacial score (nSPS) is 21.1. The highest BCUT2D eigenvalue weighted by Gasteiger charge is 2.41. The summed E-state index contributed by atoms with van der Waals surface area (Å²) in [5, 5.41) is -1.08. The Morgan fingerprint density at radius 1 is 1.39 bits per heavy atom. The first-order valence-electron chi connectivity index (χ1n) is 8.09. The lowest BCUT2D eigenvalue weighted by atomic mass is 10.0. The zero-order chi connectivity index (χ0) is 17.2. The summed E-state index contributed by atoms with van der Waals surface area (Å²) < 4.78 is 33.1. The fourth-order valence-corrected chi connectivity index (χ4v) is 4.77. The summed E-state index contributed by atoms with van der Waals surface area (Å²) in [5.41, 5.74) is 0. The van der Waals surface area contributed by atoms with Crippen LogP contribution in [0.3, 0.4) is 0 Å². The Bertz CT molecular complexity index is 651. The van der Waals surface area contributed by atoms with Crippen LogP contribution >= 0.6 is 0 Å². The van der Waals surface area contributed by atoms with Crippen molar-refractivity contribution in [3.05, 3.63) is 23.7 Å². The molecule has 130 valence electrons. The monoisotopic (exact) mass is 342 g/mol. The molecule has 1 amide bonds. The van der Waals surface area contributed by atoms with Gasteiger partial charge in [-0.1, -0.05) is 13.3 Å². The van der Waals surface area contributed by atoms with E-state index in [2.05, 4.69) is 0 Å². The van der Waals surface area contributed by atoms with Crippen molar-refractivity contribution in [3.63, 3.8) is 0 Å². The smallest absolute Gasteiger partial charge is 0.241 e. The van der Waals surface area contributed by atoms with Gasteiger partial charge in [0.15, 0.2) is 5.25 Å². The molecule has 0 N–H and O–H groups in total. The van der Waals surface area contributed by atoms with Gasteiger partial charge >= 0.3 is 0 Å². The molecule has 2 atom stereocenters. The van der Waals surface area contributed by atoms with E-state index in [1.165, 1.54) is 16.1 Å². The van der Waals surface area contributed by atoms with Crippen LogP contribution in [0.2, 0.25) is 0 Å². The van der Waals surface area contributed by atoms with E-state index in [-0.39, 0.29) is 6.04 Å². The summed E-state index contributed by atoms with van der Waals surface area (Å²) in [5.74, 6) is 1.12. The molecule has 0 spiro atoms. The van der Waals surface area contributed by atoms with E-state index in [1.807, 2.05) is 19.1 Å². The van der Waals surface area contributed by atoms with Gasteiger partial charge in [-0.2, -0.15) is 4.31 Å². The standard InChI is InChI=1S/C16H26N2O4S/c1-5-13-9-10-15(22-13)14-8-6-7-11-18(14)23(20,21)12(2)16(19)17(3)4/h9-10,12,14H,5-8,11H2,1-4H3/t12-,14-/m1/s1. The van der Waals surface area contributed by atoms with Crippen LogP contribution in [-0.4, -0.2) is 49.4 Å². The Balaban J connectivity index is 2.31. The van der Waals surface area contributed by atoms with Crippen LogP contribution < -0.4 is 0 Å². The van der Waals surface area contributed by atoms with Crippen molar-refractivity contribution in [2.24, 2.45) is 0 Å². The molecule has 0 unspecified atom stereocenters. The van der Waals surface area contributed by atoms with Gasteiger partial charge in [0.2, 0.25) is 15.9 Å². The van der Waals surface area contributed by atoms with Gasteiger partial charge < -0.3 is 9.32 Å². The summed E-state index contributed by atoms with van der Waals surface area (Å²) in [6.07, 6.45) is 3.25. The summed E-state index contributed by atoms with van der Waals surface area (Å²) in [6, 6.07) is 3.44. The first-order chi connectivity index (χ1) is 10.8. The molecule has 0 aliphatic carbocycles. The third kappa shape index (κ3) is 3.61. The molecule has 1 aromatic rings. The number of carbonyl (C=O) groups excluding carboxylic acids is 1. The van der Waals surface area contributed by atoms with Crippen molar-refractivity contribution >= 4 is 15.9 Å². The van der Waals surface area contributed by atoms with Crippen molar-refractivity contribution in [1.29, 1.82) is 0 Å². The maximum Gasteiger partial charge on any atom is 0.241 e. The number of rotatable bonds is 5. The summed E-state index contributed by atoms with van der Waals surface area (Å²) in [7, 11) is -0.576. The molecule has 1 saturated heterocycles. The predicted molar refractivity (Wildman–Crippen MR) is 88.5 cm³/mol. The van der Waals surface area contributed by atoms with Crippen LogP contribution in [0.15, 0.2) is 16.5 Å². The van der Waals surface area contributed by atoms with Crippen molar-refractivity contribution < 1.29 is 17.6 Å². The van der Waals surface area contributed by atoms with Gasteiger partial charge in [0.05, 0.1) is 6.04 Å². The average Bonchev–Trinajstić information content (AvgIpc) is 3.02. The predicted octanol–water partition coefficient (Wildman–Crippen LogP) is 2.18. The van der Waals surface area contributed by atoms with Crippen LogP contribution in [0.25, 0.3) is 0 Å². The molecular weight excluding hydrogens is 316 g/mol. The number of carbonyl (C=O) groups is 1. The molecule has 1 aliphatic rings. The molecule has 1 fully saturated rings. The lowest BCUT2D eigenvalue weighted by molar-refractivity contribution is -0.128. The largest absolute Gasteiger partial charge is 0.464 e. The highest BCUT2D eigenvalue weighted by Crippen LogP contribution is 2.35. The number of furan rings is 1. The lowest BCUT2D eigenvalue weighted by Gasteiger charge is -2.35. The first kappa shape index (κ1) is 18.0. The Morgan fingerprint density at radius 3 is 2.65 bits per heavy atom. The maximum absolute atomic E-state index is 12.9. The minimum Gasteiger partial charge on any atom is -0.464 e. The fraction of sp³-hybridized carbons (Fsp3) is 0.688. The van der Waals surface area contributed by atoms with E-state index in [1.54, 1.807) is 14.1 Å². The highest BCUT2D eigenvalue weighted by molar-refractivity contribution is 7.90. The van der Waals surface area contributed by atoms with Gasteiger partial charge in [-0.15, -0.1) is 0 Å². The Hall–Kier alpha value is -1.34. The SMILES string of the molecule is CCc1ccc([C@H]2CCCCN2S(=O)(=O)[C@H](C)C(=O)N(C)C)o1. The number of sulfonamides is 1. The van der Waals surface area contributed by atoms with Crippen LogP contribution in [0.1, 0.15) is 50.7 Å². The molecule has 0 aromatic carbocycles. The zero-order valence-electron chi connectivity index (χ0n) is 14.3. The van der Waals surface area contributed by atoms with E-state index in [0.29, 0.717) is 12.3 Å². The summed E-state index contributed by atoms with van der Waals surface area (Å²) in [4.78, 5) is 13.4. The topological polar surface area (TPSA) is 70.8 Å². The number of hydrogen-bond acceptors (Lipinski definition) is 4. The van der Waals surface area contributed by atoms with Gasteiger partial charge in [0.1, 0.15) is 11.5 Å². The second kappa shape index (κ2) is 7.05. The van der Waals surface area contributed by atoms with Gasteiger partial charge in [-0.05, 0) is 31.9 Å². The molecule has 0 radical (unpaired) electrons. The van der Waals surface area contributed by atoms with Crippen molar-refractivity contribution in [1.82, 2.24) is 9.21 Å². The van der Waals surface area contributed by atoms with Crippen molar-refractivity contribution in [2.45, 2.75) is 50.8 Å². The first-order valence-corrected chi connectivity index (χ1v) is 9.59. The van der Waals surface area contributed by atoms with Gasteiger partial charge in [-0.25, -0.2) is 8.42 Å². The van der Waals surface area contributed by atoms with E-state index >= 15 is 0 Å². The van der Waals surface area contributed by atoms with Crippen LogP contribution in [-0.2, 0) is 21.2 Å². The average molecular weight is 342 g/mol. The molecule has 1 aliphatic heterocycles. The van der Waals surface area contributed by atoms with Crippen LogP contribution in [0, 0.1) is 0 Å². The number of amides is 1. The van der Waals surface area contributed by atoms with E-state index in [0.717, 1.165) is 31.4 Å². The zero-order valence-corrected chi connectivity index (χ0v) is 15.1. The van der Waals surface area contributed by atoms with Gasteiger partial charge in [0.25, 0.3) is 0 Å². The molecule has 7 heteroatoms. The number of hydrogen-bond donors (Lipinski definition) is 0. The quantitative estimate of drug-likeness (QED) is 0.822. The fourth-order valence-electron chi connectivity index (χ4n) is 2.95. The van der Waals surface area contributed by atoms with E-state index in [9.17, 15) is 13.2 Å². The number of aryl methyl sites for hydroxylation is 1. The molecule has 1 aromatic heterocycles. The highest BCUT2D eigenvalue weighted by atomic mass is 32.2. The Morgan fingerprint density at radius 2 is 2.09 bits per heavy atom. The molecule has 6 nitrogen and oxygen atoms in total. The molecule has 2 rings (SSSR count). The number of piperidine rings is 1. The molecule has 23 heavy (non-hydrogen) atoms. The Kier molecular flexibility index (Phi) is 5.52. The number of nitrogens with zero attached hydrogens (tertiary/aromatic N) is 2. The van der Waals surface area contributed by atoms with Crippen molar-refractivity contribution in [3.8, 4) is 0 Å². The van der Waals surface area contributed by atoms with Crippen LogP contribution in [0.4, 0.5) is 0 Å². The maximum atomic E-state index is 12.9. The second-order valence-corrected chi connectivity index (χ2v) is 8.41. The van der Waals surface area contributed by atoms with E-state index < -0.39 is 21.2 Å². The lowest BCUT2D eigenvalue weighted by Crippen LogP contribution is -2.47. The van der Waals surface area contributed by atoms with E-state index in [4.69, 9.17) is 4.42 Å². The molecule has 0 bridgehead atoms. The molecule has 0 saturated carbocycles. The Labute approximate surface area is 138 Å². The van der Waals surface area contributed by atoms with Gasteiger partial charge in [0, 0.05) is 27.1 Å².